The number of rotatable bonds is 79. The minimum absolute atomic E-state index is 0.106. The van der Waals surface area contributed by atoms with Crippen LogP contribution in [-0.4, -0.2) is 96.7 Å². The lowest BCUT2D eigenvalue weighted by Gasteiger charge is -2.21. The third kappa shape index (κ3) is 72.8. The third-order valence-corrected chi connectivity index (χ3v) is 21.0. The number of carbonyl (C=O) groups is 4. The molecular formula is C80H156O17P2. The van der Waals surface area contributed by atoms with Crippen LogP contribution in [0.1, 0.15) is 420 Å². The molecule has 0 aliphatic heterocycles. The van der Waals surface area contributed by atoms with Crippen LogP contribution in [0.4, 0.5) is 0 Å². The molecule has 0 amide bonds. The van der Waals surface area contributed by atoms with E-state index >= 15 is 0 Å². The van der Waals surface area contributed by atoms with Gasteiger partial charge in [-0.1, -0.05) is 369 Å². The van der Waals surface area contributed by atoms with E-state index in [4.69, 9.17) is 37.0 Å². The second kappa shape index (κ2) is 71.7. The number of phosphoric acid groups is 2. The van der Waals surface area contributed by atoms with Crippen molar-refractivity contribution in [3.63, 3.8) is 0 Å². The summed E-state index contributed by atoms with van der Waals surface area (Å²) in [6.45, 7) is 9.66. The Labute approximate surface area is 607 Å². The maximum atomic E-state index is 13.1. The molecule has 0 heterocycles. The van der Waals surface area contributed by atoms with Crippen molar-refractivity contribution in [1.29, 1.82) is 0 Å². The summed E-state index contributed by atoms with van der Waals surface area (Å²) >= 11 is 0. The van der Waals surface area contributed by atoms with E-state index in [0.29, 0.717) is 25.7 Å². The van der Waals surface area contributed by atoms with E-state index in [1.807, 2.05) is 0 Å². The van der Waals surface area contributed by atoms with Gasteiger partial charge >= 0.3 is 39.5 Å². The molecule has 3 N–H and O–H groups in total. The van der Waals surface area contributed by atoms with E-state index in [0.717, 1.165) is 108 Å². The highest BCUT2D eigenvalue weighted by Crippen LogP contribution is 2.45. The van der Waals surface area contributed by atoms with Crippen LogP contribution in [0, 0.1) is 11.8 Å². The molecule has 0 aliphatic carbocycles. The number of unbranched alkanes of at least 4 members (excludes halogenated alkanes) is 48. The van der Waals surface area contributed by atoms with Crippen LogP contribution in [0.3, 0.4) is 0 Å². The van der Waals surface area contributed by atoms with Crippen LogP contribution >= 0.6 is 15.6 Å². The number of ether oxygens (including phenoxy) is 4. The highest BCUT2D eigenvalue weighted by atomic mass is 31.2. The fraction of sp³-hybridized carbons (Fsp3) is 0.950. The average Bonchev–Trinajstić information content (AvgIpc) is 1.12. The van der Waals surface area contributed by atoms with E-state index in [-0.39, 0.29) is 25.7 Å². The molecule has 0 rings (SSSR count). The molecule has 0 aromatic rings. The van der Waals surface area contributed by atoms with Crippen molar-refractivity contribution in [2.24, 2.45) is 11.8 Å². The topological polar surface area (TPSA) is 237 Å². The lowest BCUT2D eigenvalue weighted by molar-refractivity contribution is -0.161. The average molecular weight is 1450 g/mol. The molecule has 0 saturated carbocycles. The van der Waals surface area contributed by atoms with Crippen LogP contribution in [0.25, 0.3) is 0 Å². The van der Waals surface area contributed by atoms with E-state index < -0.39 is 97.5 Å². The number of carbonyl (C=O) groups excluding carboxylic acids is 4. The number of aliphatic hydroxyl groups excluding tert-OH is 1. The Kier molecular flexibility index (Phi) is 70.3. The first-order chi connectivity index (χ1) is 47.9. The molecule has 19 heteroatoms. The van der Waals surface area contributed by atoms with Gasteiger partial charge in [-0.15, -0.1) is 0 Å². The minimum atomic E-state index is -4.96. The molecule has 0 radical (unpaired) electrons. The molecule has 0 aliphatic rings. The van der Waals surface area contributed by atoms with Crippen molar-refractivity contribution in [2.45, 2.75) is 439 Å². The Morgan fingerprint density at radius 2 is 0.515 bits per heavy atom. The SMILES string of the molecule is CCCCCCCCCCCCCCCCCCC(=O)OC[C@H](COP(=O)(O)OC[C@@H](O)COP(=O)(O)OC[C@@H](COC(=O)CCCCCCCCCC)OC(=O)CCCCCCCCCCCCC(C)C)OC(=O)CCCCCCCCCCCCCCCCCCCCC(C)CC. The second-order valence-corrected chi connectivity index (χ2v) is 32.4. The minimum Gasteiger partial charge on any atom is -0.462 e. The second-order valence-electron chi connectivity index (χ2n) is 29.5. The standard InChI is InChI=1S/C80H156O17P2/c1-7-10-12-14-16-18-19-20-21-27-30-33-39-45-51-57-63-78(83)91-69-76(97-79(84)64-58-52-46-40-34-31-28-25-23-22-24-26-29-32-38-43-49-55-61-73(6)9-3)71-95-99(88,89)93-67-74(81)66-92-98(86,87)94-70-75(68-90-77(82)62-56-50-44-17-15-13-11-8-2)96-80(85)65-59-53-47-41-36-35-37-42-48-54-60-72(4)5/h72-76,81H,7-71H2,1-6H3,(H,86,87)(H,88,89)/t73?,74-,75+,76+/m0/s1. The predicted molar refractivity (Wildman–Crippen MR) is 405 cm³/mol. The Balaban J connectivity index is 5.18. The van der Waals surface area contributed by atoms with Crippen LogP contribution < -0.4 is 0 Å². The zero-order valence-electron chi connectivity index (χ0n) is 64.8. The molecule has 0 aromatic heterocycles. The van der Waals surface area contributed by atoms with Gasteiger partial charge in [0.2, 0.25) is 0 Å². The highest BCUT2D eigenvalue weighted by molar-refractivity contribution is 7.47. The van der Waals surface area contributed by atoms with Crippen molar-refractivity contribution >= 4 is 39.5 Å². The molecular weight excluding hydrogens is 1290 g/mol. The quantitative estimate of drug-likeness (QED) is 0.0222. The van der Waals surface area contributed by atoms with Gasteiger partial charge in [-0.25, -0.2) is 9.13 Å². The van der Waals surface area contributed by atoms with Crippen molar-refractivity contribution in [3.05, 3.63) is 0 Å². The van der Waals surface area contributed by atoms with Gasteiger partial charge in [0.15, 0.2) is 12.2 Å². The highest BCUT2D eigenvalue weighted by Gasteiger charge is 2.30. The summed E-state index contributed by atoms with van der Waals surface area (Å²) in [6, 6.07) is 0. The summed E-state index contributed by atoms with van der Waals surface area (Å²) in [5.41, 5.74) is 0. The van der Waals surface area contributed by atoms with Gasteiger partial charge in [0.05, 0.1) is 26.4 Å². The van der Waals surface area contributed by atoms with Crippen LogP contribution in [-0.2, 0) is 65.4 Å². The molecule has 0 aromatic carbocycles. The zero-order chi connectivity index (χ0) is 72.8. The van der Waals surface area contributed by atoms with Crippen LogP contribution in [0.15, 0.2) is 0 Å². The van der Waals surface area contributed by atoms with Gasteiger partial charge in [-0.2, -0.15) is 0 Å². The molecule has 0 bridgehead atoms. The summed E-state index contributed by atoms with van der Waals surface area (Å²) in [5, 5.41) is 10.6. The van der Waals surface area contributed by atoms with Gasteiger partial charge in [0, 0.05) is 25.7 Å². The molecule has 3 unspecified atom stereocenters. The first-order valence-corrected chi connectivity index (χ1v) is 44.5. The predicted octanol–water partition coefficient (Wildman–Crippen LogP) is 23.9. The summed E-state index contributed by atoms with van der Waals surface area (Å²) in [6.07, 6.45) is 61.1. The molecule has 588 valence electrons. The van der Waals surface area contributed by atoms with Crippen LogP contribution in [0.5, 0.6) is 0 Å². The normalized spacial score (nSPS) is 14.2. The Bertz CT molecular complexity index is 1910. The van der Waals surface area contributed by atoms with Crippen molar-refractivity contribution < 1.29 is 80.2 Å². The van der Waals surface area contributed by atoms with E-state index in [9.17, 15) is 43.2 Å². The number of esters is 4. The summed E-state index contributed by atoms with van der Waals surface area (Å²) in [4.78, 5) is 72.9. The summed E-state index contributed by atoms with van der Waals surface area (Å²) in [5.74, 6) is -0.489. The largest absolute Gasteiger partial charge is 0.472 e. The van der Waals surface area contributed by atoms with Crippen LogP contribution in [0.2, 0.25) is 0 Å². The molecule has 0 fully saturated rings. The molecule has 0 saturated heterocycles. The zero-order valence-corrected chi connectivity index (χ0v) is 66.6. The Hall–Kier alpha value is -1.94. The molecule has 0 spiro atoms. The lowest BCUT2D eigenvalue weighted by Crippen LogP contribution is -2.30. The fourth-order valence-electron chi connectivity index (χ4n) is 12.3. The van der Waals surface area contributed by atoms with Crippen molar-refractivity contribution in [3.8, 4) is 0 Å². The Morgan fingerprint density at radius 3 is 0.768 bits per heavy atom. The van der Waals surface area contributed by atoms with Gasteiger partial charge in [-0.05, 0) is 37.5 Å². The lowest BCUT2D eigenvalue weighted by atomic mass is 9.99. The van der Waals surface area contributed by atoms with Gasteiger partial charge in [0.25, 0.3) is 0 Å². The monoisotopic (exact) mass is 1450 g/mol. The first-order valence-electron chi connectivity index (χ1n) is 41.5. The Morgan fingerprint density at radius 1 is 0.293 bits per heavy atom. The maximum absolute atomic E-state index is 13.1. The first kappa shape index (κ1) is 97.1. The van der Waals surface area contributed by atoms with E-state index in [1.54, 1.807) is 0 Å². The summed E-state index contributed by atoms with van der Waals surface area (Å²) in [7, 11) is -9.91. The van der Waals surface area contributed by atoms with Gasteiger partial charge < -0.3 is 33.8 Å². The molecule has 99 heavy (non-hydrogen) atoms. The van der Waals surface area contributed by atoms with Gasteiger partial charge in [-0.3, -0.25) is 37.3 Å². The molecule has 6 atom stereocenters. The fourth-order valence-corrected chi connectivity index (χ4v) is 13.9. The third-order valence-electron chi connectivity index (χ3n) is 19.1. The number of hydrogen-bond donors (Lipinski definition) is 3. The molecule has 17 nitrogen and oxygen atoms in total. The van der Waals surface area contributed by atoms with E-state index in [2.05, 4.69) is 41.5 Å². The number of phosphoric ester groups is 2. The summed E-state index contributed by atoms with van der Waals surface area (Å²) < 4.78 is 68.6. The van der Waals surface area contributed by atoms with Crippen molar-refractivity contribution in [2.75, 3.05) is 39.6 Å². The number of aliphatic hydroxyl groups is 1. The van der Waals surface area contributed by atoms with Crippen molar-refractivity contribution in [1.82, 2.24) is 0 Å². The maximum Gasteiger partial charge on any atom is 0.472 e. The van der Waals surface area contributed by atoms with E-state index in [1.165, 1.54) is 231 Å². The smallest absolute Gasteiger partial charge is 0.462 e. The number of hydrogen-bond acceptors (Lipinski definition) is 15. The van der Waals surface area contributed by atoms with Gasteiger partial charge in [0.1, 0.15) is 19.3 Å².